The van der Waals surface area contributed by atoms with Crippen molar-refractivity contribution in [3.05, 3.63) is 78.0 Å². The SMILES string of the molecule is CCCC[C@H](Oc1ccc(OC(C)=O)cc1)c1cccc(-c2ccc(C(F)(F)F)cc2)n1. The van der Waals surface area contributed by atoms with Crippen LogP contribution in [0.1, 0.15) is 50.5 Å². The molecule has 0 amide bonds. The average molecular weight is 443 g/mol. The van der Waals surface area contributed by atoms with E-state index in [1.54, 1.807) is 30.3 Å². The van der Waals surface area contributed by atoms with Crippen LogP contribution in [0.15, 0.2) is 66.7 Å². The van der Waals surface area contributed by atoms with Crippen molar-refractivity contribution in [3.63, 3.8) is 0 Å². The van der Waals surface area contributed by atoms with Gasteiger partial charge < -0.3 is 9.47 Å². The number of carbonyl (C=O) groups excluding carboxylic acids is 1. The van der Waals surface area contributed by atoms with Crippen LogP contribution in [0.4, 0.5) is 13.2 Å². The van der Waals surface area contributed by atoms with Crippen LogP contribution in [-0.2, 0) is 11.0 Å². The molecule has 0 unspecified atom stereocenters. The van der Waals surface area contributed by atoms with E-state index in [4.69, 9.17) is 9.47 Å². The second-order valence-corrected chi connectivity index (χ2v) is 7.34. The average Bonchev–Trinajstić information content (AvgIpc) is 2.77. The molecule has 0 saturated carbocycles. The Kier molecular flexibility index (Phi) is 7.51. The fraction of sp³-hybridized carbons (Fsp3) is 0.280. The van der Waals surface area contributed by atoms with Crippen molar-refractivity contribution in [3.8, 4) is 22.8 Å². The number of alkyl halides is 3. The summed E-state index contributed by atoms with van der Waals surface area (Å²) in [4.78, 5) is 15.7. The van der Waals surface area contributed by atoms with Crippen LogP contribution in [0, 0.1) is 0 Å². The molecule has 32 heavy (non-hydrogen) atoms. The third kappa shape index (κ3) is 6.33. The number of ether oxygens (including phenoxy) is 2. The minimum Gasteiger partial charge on any atom is -0.484 e. The van der Waals surface area contributed by atoms with Crippen molar-refractivity contribution < 1.29 is 27.4 Å². The van der Waals surface area contributed by atoms with Crippen molar-refractivity contribution in [2.45, 2.75) is 45.4 Å². The van der Waals surface area contributed by atoms with E-state index in [0.29, 0.717) is 28.5 Å². The zero-order chi connectivity index (χ0) is 23.1. The molecule has 4 nitrogen and oxygen atoms in total. The van der Waals surface area contributed by atoms with Crippen molar-refractivity contribution in [2.75, 3.05) is 0 Å². The number of hydrogen-bond acceptors (Lipinski definition) is 4. The van der Waals surface area contributed by atoms with Gasteiger partial charge in [0.15, 0.2) is 0 Å². The number of nitrogens with zero attached hydrogens (tertiary/aromatic N) is 1. The summed E-state index contributed by atoms with van der Waals surface area (Å²) in [5.41, 5.74) is 1.17. The monoisotopic (exact) mass is 443 g/mol. The molecule has 0 N–H and O–H groups in total. The van der Waals surface area contributed by atoms with Gasteiger partial charge in [-0.2, -0.15) is 13.2 Å². The first kappa shape index (κ1) is 23.3. The molecule has 1 heterocycles. The van der Waals surface area contributed by atoms with E-state index in [-0.39, 0.29) is 6.10 Å². The van der Waals surface area contributed by atoms with Crippen molar-refractivity contribution in [1.82, 2.24) is 4.98 Å². The summed E-state index contributed by atoms with van der Waals surface area (Å²) in [5, 5.41) is 0. The second-order valence-electron chi connectivity index (χ2n) is 7.34. The number of unbranched alkanes of at least 4 members (excludes halogenated alkanes) is 1. The molecule has 0 aliphatic rings. The molecule has 2 aromatic carbocycles. The van der Waals surface area contributed by atoms with Gasteiger partial charge in [0.25, 0.3) is 0 Å². The summed E-state index contributed by atoms with van der Waals surface area (Å²) >= 11 is 0. The van der Waals surface area contributed by atoms with E-state index in [2.05, 4.69) is 11.9 Å². The number of hydrogen-bond donors (Lipinski definition) is 0. The van der Waals surface area contributed by atoms with Crippen LogP contribution in [0.5, 0.6) is 11.5 Å². The predicted octanol–water partition coefficient (Wildman–Crippen LogP) is 7.00. The Morgan fingerprint density at radius 1 is 0.969 bits per heavy atom. The first-order valence-electron chi connectivity index (χ1n) is 10.4. The van der Waals surface area contributed by atoms with Gasteiger partial charge in [0.05, 0.1) is 17.0 Å². The highest BCUT2D eigenvalue weighted by Crippen LogP contribution is 2.32. The molecule has 168 valence electrons. The zero-order valence-corrected chi connectivity index (χ0v) is 17.9. The van der Waals surface area contributed by atoms with Gasteiger partial charge in [-0.3, -0.25) is 4.79 Å². The molecule has 7 heteroatoms. The van der Waals surface area contributed by atoms with Crippen LogP contribution in [0.3, 0.4) is 0 Å². The number of carbonyl (C=O) groups is 1. The third-order valence-corrected chi connectivity index (χ3v) is 4.79. The molecule has 1 aromatic heterocycles. The summed E-state index contributed by atoms with van der Waals surface area (Å²) in [5.74, 6) is 0.630. The van der Waals surface area contributed by atoms with Gasteiger partial charge in [0, 0.05) is 12.5 Å². The molecule has 0 saturated heterocycles. The van der Waals surface area contributed by atoms with Crippen LogP contribution >= 0.6 is 0 Å². The zero-order valence-electron chi connectivity index (χ0n) is 17.9. The molecule has 0 aliphatic heterocycles. The Balaban J connectivity index is 1.82. The smallest absolute Gasteiger partial charge is 0.416 e. The summed E-state index contributed by atoms with van der Waals surface area (Å²) < 4.78 is 49.7. The minimum atomic E-state index is -4.38. The fourth-order valence-electron chi connectivity index (χ4n) is 3.19. The molecule has 0 aliphatic carbocycles. The molecule has 0 fully saturated rings. The minimum absolute atomic E-state index is 0.330. The highest BCUT2D eigenvalue weighted by molar-refractivity contribution is 5.69. The van der Waals surface area contributed by atoms with Gasteiger partial charge in [-0.05, 0) is 61.4 Å². The molecule has 0 bridgehead atoms. The maximum absolute atomic E-state index is 12.8. The van der Waals surface area contributed by atoms with E-state index in [1.807, 2.05) is 12.1 Å². The quantitative estimate of drug-likeness (QED) is 0.278. The molecule has 3 rings (SSSR count). The van der Waals surface area contributed by atoms with Crippen LogP contribution in [-0.4, -0.2) is 11.0 Å². The standard InChI is InChI=1S/C25H24F3NO3/c1-3-4-8-24(32-21-15-13-20(14-16-21)31-17(2)30)23-7-5-6-22(29-23)18-9-11-19(12-10-18)25(26,27)28/h5-7,9-16,24H,3-4,8H2,1-2H3/t24-/m0/s1. The van der Waals surface area contributed by atoms with Gasteiger partial charge in [-0.15, -0.1) is 0 Å². The maximum Gasteiger partial charge on any atom is 0.416 e. The molecule has 3 aromatic rings. The first-order chi connectivity index (χ1) is 15.3. The second kappa shape index (κ2) is 10.3. The van der Waals surface area contributed by atoms with Crippen molar-refractivity contribution in [2.24, 2.45) is 0 Å². The largest absolute Gasteiger partial charge is 0.484 e. The lowest BCUT2D eigenvalue weighted by atomic mass is 10.1. The summed E-state index contributed by atoms with van der Waals surface area (Å²) in [7, 11) is 0. The Morgan fingerprint density at radius 2 is 1.62 bits per heavy atom. The van der Waals surface area contributed by atoms with E-state index >= 15 is 0 Å². The Bertz CT molecular complexity index is 1030. The molecule has 1 atom stereocenters. The number of benzene rings is 2. The number of esters is 1. The lowest BCUT2D eigenvalue weighted by Crippen LogP contribution is -2.10. The van der Waals surface area contributed by atoms with Crippen molar-refractivity contribution in [1.29, 1.82) is 0 Å². The topological polar surface area (TPSA) is 48.4 Å². The van der Waals surface area contributed by atoms with E-state index in [1.165, 1.54) is 19.1 Å². The Labute approximate surface area is 185 Å². The number of pyridine rings is 1. The van der Waals surface area contributed by atoms with Gasteiger partial charge in [-0.25, -0.2) is 4.98 Å². The molecular weight excluding hydrogens is 419 g/mol. The van der Waals surface area contributed by atoms with Gasteiger partial charge in [0.2, 0.25) is 0 Å². The summed E-state index contributed by atoms with van der Waals surface area (Å²) in [6.07, 6.45) is -2.08. The van der Waals surface area contributed by atoms with Gasteiger partial charge >= 0.3 is 12.1 Å². The lowest BCUT2D eigenvalue weighted by Gasteiger charge is -2.19. The third-order valence-electron chi connectivity index (χ3n) is 4.79. The maximum atomic E-state index is 12.8. The van der Waals surface area contributed by atoms with Crippen LogP contribution < -0.4 is 9.47 Å². The van der Waals surface area contributed by atoms with E-state index in [0.717, 1.165) is 31.4 Å². The van der Waals surface area contributed by atoms with Crippen LogP contribution in [0.2, 0.25) is 0 Å². The summed E-state index contributed by atoms with van der Waals surface area (Å²) in [6, 6.07) is 17.1. The van der Waals surface area contributed by atoms with Crippen molar-refractivity contribution >= 4 is 5.97 Å². The van der Waals surface area contributed by atoms with Gasteiger partial charge in [-0.1, -0.05) is 31.5 Å². The number of rotatable bonds is 8. The first-order valence-corrected chi connectivity index (χ1v) is 10.4. The summed E-state index contributed by atoms with van der Waals surface area (Å²) in [6.45, 7) is 3.41. The number of halogens is 3. The molecular formula is C25H24F3NO3. The Morgan fingerprint density at radius 3 is 2.22 bits per heavy atom. The molecule has 0 radical (unpaired) electrons. The van der Waals surface area contributed by atoms with E-state index < -0.39 is 17.7 Å². The number of aromatic nitrogens is 1. The normalized spacial score (nSPS) is 12.3. The highest BCUT2D eigenvalue weighted by Gasteiger charge is 2.30. The van der Waals surface area contributed by atoms with Crippen LogP contribution in [0.25, 0.3) is 11.3 Å². The highest BCUT2D eigenvalue weighted by atomic mass is 19.4. The predicted molar refractivity (Wildman–Crippen MR) is 115 cm³/mol. The van der Waals surface area contributed by atoms with E-state index in [9.17, 15) is 18.0 Å². The fourth-order valence-corrected chi connectivity index (χ4v) is 3.19. The Hall–Kier alpha value is -3.35. The molecule has 0 spiro atoms. The lowest BCUT2D eigenvalue weighted by molar-refractivity contribution is -0.137. The van der Waals surface area contributed by atoms with Gasteiger partial charge in [0.1, 0.15) is 17.6 Å².